The van der Waals surface area contributed by atoms with Crippen molar-refractivity contribution in [3.8, 4) is 50.8 Å². The maximum atomic E-state index is 5.67. The molecule has 0 radical (unpaired) electrons. The molecule has 4 aromatic heterocycles. The summed E-state index contributed by atoms with van der Waals surface area (Å²) in [5.41, 5.74) is 17.0. The third-order valence-electron chi connectivity index (χ3n) is 14.0. The van der Waals surface area contributed by atoms with Gasteiger partial charge in [-0.1, -0.05) is 152 Å². The lowest BCUT2D eigenvalue weighted by atomic mass is 9.94. The summed E-state index contributed by atoms with van der Waals surface area (Å²) in [5, 5.41) is 10.4. The molecule has 5 nitrogen and oxygen atoms in total. The Morgan fingerprint density at radius 2 is 0.892 bits per heavy atom. The van der Waals surface area contributed by atoms with Crippen LogP contribution in [0.2, 0.25) is 0 Å². The van der Waals surface area contributed by atoms with Crippen molar-refractivity contribution in [2.45, 2.75) is 0 Å². The van der Waals surface area contributed by atoms with Gasteiger partial charge in [-0.3, -0.25) is 4.57 Å². The Labute approximate surface area is 372 Å². The summed E-state index contributed by atoms with van der Waals surface area (Å²) in [4.78, 5) is 11.3. The van der Waals surface area contributed by atoms with E-state index in [1.807, 2.05) is 0 Å². The first-order chi connectivity index (χ1) is 32.3. The molecule has 300 valence electrons. The molecule has 0 amide bonds. The Bertz CT molecular complexity index is 4360. The average molecular weight is 826 g/mol. The van der Waals surface area contributed by atoms with Crippen LogP contribution in [0.25, 0.3) is 138 Å². The molecule has 15 rings (SSSR count). The second-order valence-electron chi connectivity index (χ2n) is 17.3. The molecule has 10 aromatic carbocycles. The third kappa shape index (κ3) is 4.71. The van der Waals surface area contributed by atoms with Crippen molar-refractivity contribution in [1.29, 1.82) is 0 Å². The Kier molecular flexibility index (Phi) is 6.89. The SMILES string of the molecule is c1ccc(-n2c3ccccc3c3cc(-c4nc(-n5c6ccccc6c6cc7c(cc65)c5cccc6c5n7-c5ccccc5-c5ccccc5-6)nc5c4ccc4ccccc45)ccc32)cc1. The minimum Gasteiger partial charge on any atom is -0.309 e. The molecular formula is C60H35N5. The zero-order valence-corrected chi connectivity index (χ0v) is 34.9. The van der Waals surface area contributed by atoms with Crippen LogP contribution in [0.5, 0.6) is 0 Å². The van der Waals surface area contributed by atoms with Crippen molar-refractivity contribution in [2.75, 3.05) is 0 Å². The molecule has 1 aliphatic heterocycles. The number of benzene rings is 10. The lowest BCUT2D eigenvalue weighted by Gasteiger charge is -2.14. The van der Waals surface area contributed by atoms with Crippen LogP contribution < -0.4 is 0 Å². The maximum Gasteiger partial charge on any atom is 0.235 e. The highest BCUT2D eigenvalue weighted by Crippen LogP contribution is 2.48. The van der Waals surface area contributed by atoms with Gasteiger partial charge in [0.15, 0.2) is 0 Å². The van der Waals surface area contributed by atoms with Crippen LogP contribution >= 0.6 is 0 Å². The first-order valence-electron chi connectivity index (χ1n) is 22.3. The fourth-order valence-corrected chi connectivity index (χ4v) is 11.2. The molecule has 0 saturated carbocycles. The highest BCUT2D eigenvalue weighted by atomic mass is 15.2. The fourth-order valence-electron chi connectivity index (χ4n) is 11.2. The Hall–Kier alpha value is -8.80. The summed E-state index contributed by atoms with van der Waals surface area (Å²) in [6.07, 6.45) is 0. The van der Waals surface area contributed by atoms with Gasteiger partial charge in [0, 0.05) is 65.5 Å². The number of para-hydroxylation sites is 5. The first kappa shape index (κ1) is 34.7. The molecule has 0 spiro atoms. The number of nitrogens with zero attached hydrogens (tertiary/aromatic N) is 5. The second-order valence-corrected chi connectivity index (χ2v) is 17.3. The van der Waals surface area contributed by atoms with Gasteiger partial charge in [0.2, 0.25) is 5.95 Å². The van der Waals surface area contributed by atoms with Gasteiger partial charge < -0.3 is 9.13 Å². The van der Waals surface area contributed by atoms with Crippen molar-refractivity contribution in [3.63, 3.8) is 0 Å². The molecule has 14 aromatic rings. The zero-order valence-electron chi connectivity index (χ0n) is 34.9. The van der Waals surface area contributed by atoms with E-state index in [0.717, 1.165) is 65.9 Å². The van der Waals surface area contributed by atoms with E-state index in [0.29, 0.717) is 5.95 Å². The highest BCUT2D eigenvalue weighted by molar-refractivity contribution is 6.22. The van der Waals surface area contributed by atoms with Crippen molar-refractivity contribution < 1.29 is 0 Å². The van der Waals surface area contributed by atoms with Crippen molar-refractivity contribution >= 4 is 87.1 Å². The van der Waals surface area contributed by atoms with Crippen LogP contribution in [0.1, 0.15) is 0 Å². The number of rotatable bonds is 3. The minimum absolute atomic E-state index is 0.644. The van der Waals surface area contributed by atoms with E-state index in [9.17, 15) is 0 Å². The molecule has 0 unspecified atom stereocenters. The quantitative estimate of drug-likeness (QED) is 0.167. The normalized spacial score (nSPS) is 12.3. The molecule has 0 fully saturated rings. The van der Waals surface area contributed by atoms with Crippen LogP contribution in [-0.2, 0) is 0 Å². The Morgan fingerprint density at radius 1 is 0.308 bits per heavy atom. The van der Waals surface area contributed by atoms with E-state index < -0.39 is 0 Å². The zero-order chi connectivity index (χ0) is 42.3. The second kappa shape index (κ2) is 12.9. The number of hydrogen-bond donors (Lipinski definition) is 0. The van der Waals surface area contributed by atoms with Crippen molar-refractivity contribution in [1.82, 2.24) is 23.7 Å². The molecular weight excluding hydrogens is 791 g/mol. The topological polar surface area (TPSA) is 40.6 Å². The van der Waals surface area contributed by atoms with E-state index in [-0.39, 0.29) is 0 Å². The summed E-state index contributed by atoms with van der Waals surface area (Å²) < 4.78 is 7.17. The highest BCUT2D eigenvalue weighted by Gasteiger charge is 2.26. The van der Waals surface area contributed by atoms with E-state index in [4.69, 9.17) is 9.97 Å². The predicted octanol–water partition coefficient (Wildman–Crippen LogP) is 15.4. The Morgan fingerprint density at radius 3 is 1.71 bits per heavy atom. The average Bonchev–Trinajstić information content (AvgIpc) is 3.97. The number of hydrogen-bond acceptors (Lipinski definition) is 2. The van der Waals surface area contributed by atoms with Crippen LogP contribution in [-0.4, -0.2) is 23.7 Å². The van der Waals surface area contributed by atoms with Gasteiger partial charge in [-0.2, -0.15) is 0 Å². The van der Waals surface area contributed by atoms with E-state index in [1.54, 1.807) is 0 Å². The van der Waals surface area contributed by atoms with Gasteiger partial charge in [0.1, 0.15) is 0 Å². The predicted molar refractivity (Wildman–Crippen MR) is 270 cm³/mol. The standard InChI is InChI=1S/C60H35N5/c1-2-16-38(17-3-1)63-51-26-11-9-22-43(51)48-33-37(30-32-54(48)63)57-47-31-29-36-15-4-5-18-39(36)58(47)62-60(61-57)65-53-28-13-10-23-44(53)49-34-55-50(35-56(49)65)46-25-14-24-45-41-20-7-6-19-40(41)42-21-8-12-27-52(42)64(55)59(45)46/h1-35H. The summed E-state index contributed by atoms with van der Waals surface area (Å²) >= 11 is 0. The lowest BCUT2D eigenvalue weighted by Crippen LogP contribution is -2.04. The molecule has 0 N–H and O–H groups in total. The van der Waals surface area contributed by atoms with Crippen LogP contribution in [0.4, 0.5) is 0 Å². The van der Waals surface area contributed by atoms with E-state index >= 15 is 0 Å². The minimum atomic E-state index is 0.644. The van der Waals surface area contributed by atoms with Gasteiger partial charge in [0.05, 0.1) is 50.0 Å². The summed E-state index contributed by atoms with van der Waals surface area (Å²) in [6, 6.07) is 77.2. The smallest absolute Gasteiger partial charge is 0.235 e. The van der Waals surface area contributed by atoms with Crippen LogP contribution in [0.15, 0.2) is 212 Å². The van der Waals surface area contributed by atoms with Crippen LogP contribution in [0, 0.1) is 0 Å². The van der Waals surface area contributed by atoms with E-state index in [2.05, 4.69) is 226 Å². The number of aromatic nitrogens is 5. The summed E-state index contributed by atoms with van der Waals surface area (Å²) in [7, 11) is 0. The van der Waals surface area contributed by atoms with Crippen molar-refractivity contribution in [2.24, 2.45) is 0 Å². The molecule has 0 aliphatic carbocycles. The van der Waals surface area contributed by atoms with E-state index in [1.165, 1.54) is 66.0 Å². The first-order valence-corrected chi connectivity index (χ1v) is 22.3. The van der Waals surface area contributed by atoms with Gasteiger partial charge in [0.25, 0.3) is 0 Å². The molecule has 0 atom stereocenters. The van der Waals surface area contributed by atoms with Gasteiger partial charge in [-0.15, -0.1) is 0 Å². The molecule has 1 aliphatic rings. The van der Waals surface area contributed by atoms with Gasteiger partial charge >= 0.3 is 0 Å². The van der Waals surface area contributed by atoms with Crippen LogP contribution in [0.3, 0.4) is 0 Å². The van der Waals surface area contributed by atoms with Crippen molar-refractivity contribution in [3.05, 3.63) is 212 Å². The molecule has 65 heavy (non-hydrogen) atoms. The molecule has 5 heteroatoms. The maximum absolute atomic E-state index is 5.67. The molecule has 5 heterocycles. The monoisotopic (exact) mass is 825 g/mol. The molecule has 0 bridgehead atoms. The van der Waals surface area contributed by atoms with Gasteiger partial charge in [-0.05, 0) is 77.2 Å². The van der Waals surface area contributed by atoms with Gasteiger partial charge in [-0.25, -0.2) is 9.97 Å². The third-order valence-corrected chi connectivity index (χ3v) is 14.0. The molecule has 0 saturated heterocycles. The largest absolute Gasteiger partial charge is 0.309 e. The number of fused-ring (bicyclic) bond motifs is 17. The summed E-state index contributed by atoms with van der Waals surface area (Å²) in [5.74, 6) is 0.644. The Balaban J connectivity index is 1.04. The fraction of sp³-hybridized carbons (Fsp3) is 0. The summed E-state index contributed by atoms with van der Waals surface area (Å²) in [6.45, 7) is 0. The lowest BCUT2D eigenvalue weighted by molar-refractivity contribution is 1.02.